The van der Waals surface area contributed by atoms with Crippen molar-refractivity contribution in [2.45, 2.75) is 25.4 Å². The van der Waals surface area contributed by atoms with E-state index in [1.54, 1.807) is 6.20 Å². The molecule has 162 valence electrons. The van der Waals surface area contributed by atoms with E-state index in [4.69, 9.17) is 5.73 Å². The molecule has 1 saturated heterocycles. The number of hydrogen-bond donors (Lipinski definition) is 3. The Labute approximate surface area is 174 Å². The van der Waals surface area contributed by atoms with Crippen LogP contribution in [0.3, 0.4) is 0 Å². The Morgan fingerprint density at radius 2 is 1.97 bits per heavy atom. The zero-order valence-corrected chi connectivity index (χ0v) is 17.6. The molecule has 1 aromatic carbocycles. The summed E-state index contributed by atoms with van der Waals surface area (Å²) in [5.74, 6) is -1.67. The smallest absolute Gasteiger partial charge is 0.240 e. The lowest BCUT2D eigenvalue weighted by atomic mass is 10.0. The van der Waals surface area contributed by atoms with Crippen LogP contribution in [0.1, 0.15) is 12.5 Å². The maximum absolute atomic E-state index is 13.0. The van der Waals surface area contributed by atoms with E-state index in [1.807, 2.05) is 24.3 Å². The molecule has 1 aliphatic rings. The number of rotatable bonds is 6. The van der Waals surface area contributed by atoms with Crippen molar-refractivity contribution in [3.63, 3.8) is 0 Å². The fourth-order valence-corrected chi connectivity index (χ4v) is 4.71. The van der Waals surface area contributed by atoms with Crippen LogP contribution in [0.5, 0.6) is 0 Å². The molecule has 30 heavy (non-hydrogen) atoms. The second kappa shape index (κ2) is 8.44. The minimum atomic E-state index is -3.69. The third-order valence-electron chi connectivity index (χ3n) is 5.26. The van der Waals surface area contributed by atoms with E-state index in [1.165, 1.54) is 11.8 Å². The molecule has 0 aliphatic carbocycles. The second-order valence-corrected chi connectivity index (χ2v) is 9.32. The Morgan fingerprint density at radius 1 is 1.27 bits per heavy atom. The van der Waals surface area contributed by atoms with Gasteiger partial charge in [-0.15, -0.1) is 0 Å². The SMILES string of the molecule is CC(=O)N1CCN(S(C)(=O)=O)[C@H](C(=O)N[C@H](Cc2c[nH]c3ccccc23)C(N)=O)C1. The van der Waals surface area contributed by atoms with Crippen LogP contribution < -0.4 is 11.1 Å². The molecule has 0 unspecified atom stereocenters. The number of nitrogens with two attached hydrogens (primary N) is 1. The summed E-state index contributed by atoms with van der Waals surface area (Å²) in [6, 6.07) is 5.34. The zero-order valence-electron chi connectivity index (χ0n) is 16.8. The van der Waals surface area contributed by atoms with Gasteiger partial charge in [0.1, 0.15) is 12.1 Å². The molecule has 0 saturated carbocycles. The van der Waals surface area contributed by atoms with Crippen LogP contribution in [-0.4, -0.2) is 78.3 Å². The van der Waals surface area contributed by atoms with Crippen molar-refractivity contribution in [2.24, 2.45) is 5.73 Å². The molecule has 0 spiro atoms. The van der Waals surface area contributed by atoms with Gasteiger partial charge in [-0.3, -0.25) is 14.4 Å². The van der Waals surface area contributed by atoms with Crippen molar-refractivity contribution in [2.75, 3.05) is 25.9 Å². The summed E-state index contributed by atoms with van der Waals surface area (Å²) in [6.07, 6.45) is 2.90. The van der Waals surface area contributed by atoms with E-state index in [0.29, 0.717) is 0 Å². The largest absolute Gasteiger partial charge is 0.368 e. The zero-order chi connectivity index (χ0) is 22.1. The van der Waals surface area contributed by atoms with E-state index in [0.717, 1.165) is 27.0 Å². The third-order valence-corrected chi connectivity index (χ3v) is 6.55. The lowest BCUT2D eigenvalue weighted by Crippen LogP contribution is -2.62. The Hall–Kier alpha value is -2.92. The average Bonchev–Trinajstić information content (AvgIpc) is 3.09. The molecule has 1 fully saturated rings. The van der Waals surface area contributed by atoms with Gasteiger partial charge < -0.3 is 20.9 Å². The molecule has 10 nitrogen and oxygen atoms in total. The molecule has 2 heterocycles. The maximum Gasteiger partial charge on any atom is 0.240 e. The number of aromatic amines is 1. The number of amides is 3. The van der Waals surface area contributed by atoms with Crippen molar-refractivity contribution in [3.8, 4) is 0 Å². The number of nitrogens with zero attached hydrogens (tertiary/aromatic N) is 2. The molecule has 0 radical (unpaired) electrons. The quantitative estimate of drug-likeness (QED) is 0.542. The number of primary amides is 1. The number of sulfonamides is 1. The highest BCUT2D eigenvalue weighted by molar-refractivity contribution is 7.88. The van der Waals surface area contributed by atoms with E-state index in [2.05, 4.69) is 10.3 Å². The van der Waals surface area contributed by atoms with Crippen LogP contribution in [0.25, 0.3) is 10.9 Å². The standard InChI is InChI=1S/C19H25N5O5S/c1-12(25)23-7-8-24(30(2,28)29)17(11-23)19(27)22-16(18(20)26)9-13-10-21-15-6-4-3-5-14(13)15/h3-6,10,16-17,21H,7-9,11H2,1-2H3,(H2,20,26)(H,22,27)/t16-,17+/m1/s1. The number of nitrogens with one attached hydrogen (secondary N) is 2. The van der Waals surface area contributed by atoms with Gasteiger partial charge >= 0.3 is 0 Å². The van der Waals surface area contributed by atoms with Gasteiger partial charge in [0.2, 0.25) is 27.7 Å². The lowest BCUT2D eigenvalue weighted by Gasteiger charge is -2.39. The third kappa shape index (κ3) is 4.62. The van der Waals surface area contributed by atoms with Crippen LogP contribution in [0.2, 0.25) is 0 Å². The van der Waals surface area contributed by atoms with Crippen LogP contribution in [0.4, 0.5) is 0 Å². The number of carbonyl (C=O) groups excluding carboxylic acids is 3. The van der Waals surface area contributed by atoms with E-state index in [9.17, 15) is 22.8 Å². The number of fused-ring (bicyclic) bond motifs is 1. The number of benzene rings is 1. The summed E-state index contributed by atoms with van der Waals surface area (Å²) in [4.78, 5) is 41.2. The van der Waals surface area contributed by atoms with E-state index >= 15 is 0 Å². The second-order valence-electron chi connectivity index (χ2n) is 7.38. The number of para-hydroxylation sites is 1. The summed E-state index contributed by atoms with van der Waals surface area (Å²) in [7, 11) is -3.69. The van der Waals surface area contributed by atoms with Gasteiger partial charge in [0.05, 0.1) is 6.26 Å². The lowest BCUT2D eigenvalue weighted by molar-refractivity contribution is -0.136. The van der Waals surface area contributed by atoms with Gasteiger partial charge in [-0.1, -0.05) is 18.2 Å². The Bertz CT molecular complexity index is 1080. The predicted molar refractivity (Wildman–Crippen MR) is 111 cm³/mol. The topological polar surface area (TPSA) is 146 Å². The molecular weight excluding hydrogens is 410 g/mol. The summed E-state index contributed by atoms with van der Waals surface area (Å²) in [5.41, 5.74) is 7.19. The van der Waals surface area contributed by atoms with Gasteiger partial charge in [0.15, 0.2) is 0 Å². The molecule has 1 aromatic heterocycles. The highest BCUT2D eigenvalue weighted by Gasteiger charge is 2.39. The molecule has 0 bridgehead atoms. The molecule has 2 atom stereocenters. The first kappa shape index (κ1) is 21.8. The summed E-state index contributed by atoms with van der Waals surface area (Å²) < 4.78 is 25.3. The van der Waals surface area contributed by atoms with Gasteiger partial charge in [-0.05, 0) is 11.6 Å². The van der Waals surface area contributed by atoms with Gasteiger partial charge in [-0.25, -0.2) is 8.42 Å². The van der Waals surface area contributed by atoms with Gasteiger partial charge in [0, 0.05) is 50.1 Å². The molecule has 2 aromatic rings. The molecule has 11 heteroatoms. The molecule has 1 aliphatic heterocycles. The first-order valence-corrected chi connectivity index (χ1v) is 11.3. The summed E-state index contributed by atoms with van der Waals surface area (Å²) >= 11 is 0. The predicted octanol–water partition coefficient (Wildman–Crippen LogP) is -0.827. The van der Waals surface area contributed by atoms with Crippen molar-refractivity contribution < 1.29 is 22.8 Å². The van der Waals surface area contributed by atoms with Gasteiger partial charge in [0.25, 0.3) is 0 Å². The van der Waals surface area contributed by atoms with Crippen LogP contribution in [-0.2, 0) is 30.8 Å². The summed E-state index contributed by atoms with van der Waals surface area (Å²) in [6.45, 7) is 1.46. The van der Waals surface area contributed by atoms with Crippen LogP contribution in [0.15, 0.2) is 30.5 Å². The van der Waals surface area contributed by atoms with Crippen molar-refractivity contribution in [3.05, 3.63) is 36.0 Å². The minimum Gasteiger partial charge on any atom is -0.368 e. The number of H-pyrrole nitrogens is 1. The monoisotopic (exact) mass is 435 g/mol. The Morgan fingerprint density at radius 3 is 2.60 bits per heavy atom. The molecular formula is C19H25N5O5S. The van der Waals surface area contributed by atoms with Crippen molar-refractivity contribution >= 4 is 38.6 Å². The number of carbonyl (C=O) groups is 3. The number of piperazine rings is 1. The van der Waals surface area contributed by atoms with Gasteiger partial charge in [-0.2, -0.15) is 4.31 Å². The van der Waals surface area contributed by atoms with E-state index in [-0.39, 0.29) is 32.0 Å². The number of hydrogen-bond acceptors (Lipinski definition) is 5. The summed E-state index contributed by atoms with van der Waals surface area (Å²) in [5, 5.41) is 3.48. The van der Waals surface area contributed by atoms with Crippen LogP contribution in [0, 0.1) is 0 Å². The fraction of sp³-hybridized carbons (Fsp3) is 0.421. The normalized spacial score (nSPS) is 18.9. The van der Waals surface area contributed by atoms with E-state index < -0.39 is 33.9 Å². The van der Waals surface area contributed by atoms with Crippen LogP contribution >= 0.6 is 0 Å². The first-order valence-electron chi connectivity index (χ1n) is 9.45. The Balaban J connectivity index is 1.81. The first-order chi connectivity index (χ1) is 14.1. The molecule has 3 rings (SSSR count). The molecule has 4 N–H and O–H groups in total. The maximum atomic E-state index is 13.0. The number of aromatic nitrogens is 1. The fourth-order valence-electron chi connectivity index (χ4n) is 3.67. The Kier molecular flexibility index (Phi) is 6.13. The average molecular weight is 436 g/mol. The van der Waals surface area contributed by atoms with Crippen molar-refractivity contribution in [1.29, 1.82) is 0 Å². The minimum absolute atomic E-state index is 0.000185. The van der Waals surface area contributed by atoms with Crippen molar-refractivity contribution in [1.82, 2.24) is 19.5 Å². The highest BCUT2D eigenvalue weighted by atomic mass is 32.2. The molecule has 3 amide bonds. The highest BCUT2D eigenvalue weighted by Crippen LogP contribution is 2.20.